The number of nitrogens with one attached hydrogen (secondary N) is 1. The third kappa shape index (κ3) is 6.08. The molecule has 55 heavy (non-hydrogen) atoms. The number of hydrogen-bond acceptors (Lipinski definition) is 2. The number of furan rings is 1. The Labute approximate surface area is 318 Å². The molecule has 258 valence electrons. The van der Waals surface area contributed by atoms with Crippen LogP contribution in [0, 0.1) is 5.41 Å². The maximum Gasteiger partial charge on any atom is 0.152 e. The molecule has 1 aromatic heterocycles. The minimum Gasteiger partial charge on any atom is -0.456 e. The zero-order valence-corrected chi connectivity index (χ0v) is 29.9. The molecule has 0 unspecified atom stereocenters. The standard InChI is InChI=1S/C52H34N2O/c53-52(38-11-2-1-3-12-38)54-48(36-21-23-37(24-22-36)50-33-42-14-6-9-17-49(42)55-50)29-19-34-18-20-40-31-43(26-25-39(40)30-34)51-45-16-8-5-13-41(45)32-47-44-15-7-4-10-35(44)27-28-46(47)51/h1-33,53H/b29-19+,53-52?,54-48?. The lowest BCUT2D eigenvalue weighted by atomic mass is 9.89. The van der Waals surface area contributed by atoms with Crippen LogP contribution in [0.1, 0.15) is 16.7 Å². The predicted octanol–water partition coefficient (Wildman–Crippen LogP) is 13.9. The lowest BCUT2D eigenvalue weighted by Crippen LogP contribution is -2.03. The number of para-hydroxylation sites is 1. The van der Waals surface area contributed by atoms with Gasteiger partial charge >= 0.3 is 0 Å². The molecule has 0 bridgehead atoms. The van der Waals surface area contributed by atoms with Crippen molar-refractivity contribution in [1.29, 1.82) is 5.41 Å². The quantitative estimate of drug-likeness (QED) is 0.0797. The number of nitrogens with zero attached hydrogens (tertiary/aromatic N) is 1. The zero-order valence-electron chi connectivity index (χ0n) is 29.9. The van der Waals surface area contributed by atoms with E-state index in [0.29, 0.717) is 5.71 Å². The van der Waals surface area contributed by atoms with Gasteiger partial charge in [0.05, 0.1) is 5.71 Å². The fourth-order valence-corrected chi connectivity index (χ4v) is 7.74. The van der Waals surface area contributed by atoms with Crippen molar-refractivity contribution in [3.05, 3.63) is 211 Å². The second kappa shape index (κ2) is 13.6. The second-order valence-electron chi connectivity index (χ2n) is 13.9. The summed E-state index contributed by atoms with van der Waals surface area (Å²) in [5.41, 5.74) is 7.76. The van der Waals surface area contributed by atoms with E-state index in [4.69, 9.17) is 14.8 Å². The average molecular weight is 703 g/mol. The summed E-state index contributed by atoms with van der Waals surface area (Å²) in [7, 11) is 0. The summed E-state index contributed by atoms with van der Waals surface area (Å²) in [5, 5.41) is 19.8. The Morgan fingerprint density at radius 2 is 1.13 bits per heavy atom. The van der Waals surface area contributed by atoms with Gasteiger partial charge in [0.25, 0.3) is 0 Å². The summed E-state index contributed by atoms with van der Waals surface area (Å²) in [5.74, 6) is 1.03. The molecule has 0 aliphatic rings. The van der Waals surface area contributed by atoms with Gasteiger partial charge in [-0.15, -0.1) is 0 Å². The SMILES string of the molecule is N=C(N=C(/C=C/c1ccc2cc(-c3c4ccccc4cc4c3ccc3ccccc34)ccc2c1)c1ccc(-c2cc3ccccc3o2)cc1)c1ccccc1. The Kier molecular flexibility index (Phi) is 7.96. The van der Waals surface area contributed by atoms with Gasteiger partial charge in [-0.1, -0.05) is 164 Å². The van der Waals surface area contributed by atoms with Gasteiger partial charge in [0.15, 0.2) is 5.84 Å². The Hall–Kier alpha value is -7.36. The Bertz CT molecular complexity index is 3120. The molecule has 10 aromatic rings. The molecule has 0 radical (unpaired) electrons. The third-order valence-corrected chi connectivity index (χ3v) is 10.5. The molecule has 1 N–H and O–H groups in total. The van der Waals surface area contributed by atoms with Crippen LogP contribution < -0.4 is 0 Å². The lowest BCUT2D eigenvalue weighted by molar-refractivity contribution is 0.631. The number of fused-ring (bicyclic) bond motifs is 6. The van der Waals surface area contributed by atoms with Crippen LogP contribution in [0.4, 0.5) is 0 Å². The van der Waals surface area contributed by atoms with Crippen LogP contribution in [-0.2, 0) is 0 Å². The van der Waals surface area contributed by atoms with Gasteiger partial charge in [-0.05, 0) is 96.2 Å². The van der Waals surface area contributed by atoms with Gasteiger partial charge in [-0.3, -0.25) is 5.41 Å². The molecular formula is C52H34N2O. The second-order valence-corrected chi connectivity index (χ2v) is 13.9. The van der Waals surface area contributed by atoms with Gasteiger partial charge in [0.1, 0.15) is 11.3 Å². The Morgan fingerprint density at radius 1 is 0.455 bits per heavy atom. The van der Waals surface area contributed by atoms with Crippen LogP contribution in [0.3, 0.4) is 0 Å². The highest BCUT2D eigenvalue weighted by Gasteiger charge is 2.13. The normalized spacial score (nSPS) is 12.1. The van der Waals surface area contributed by atoms with Gasteiger partial charge < -0.3 is 4.42 Å². The van der Waals surface area contributed by atoms with Crippen LogP contribution in [0.15, 0.2) is 204 Å². The summed E-state index contributed by atoms with van der Waals surface area (Å²) < 4.78 is 6.12. The summed E-state index contributed by atoms with van der Waals surface area (Å²) in [6.45, 7) is 0. The monoisotopic (exact) mass is 702 g/mol. The number of rotatable bonds is 6. The molecule has 0 saturated heterocycles. The van der Waals surface area contributed by atoms with Gasteiger partial charge in [-0.25, -0.2) is 4.99 Å². The molecule has 0 aliphatic heterocycles. The number of hydrogen-bond donors (Lipinski definition) is 1. The number of allylic oxidation sites excluding steroid dienone is 1. The van der Waals surface area contributed by atoms with Crippen molar-refractivity contribution in [3.63, 3.8) is 0 Å². The van der Waals surface area contributed by atoms with Crippen molar-refractivity contribution >= 4 is 71.7 Å². The third-order valence-electron chi connectivity index (χ3n) is 10.5. The molecule has 0 spiro atoms. The first kappa shape index (κ1) is 32.3. The Morgan fingerprint density at radius 3 is 1.96 bits per heavy atom. The highest BCUT2D eigenvalue weighted by molar-refractivity contribution is 6.21. The van der Waals surface area contributed by atoms with Crippen molar-refractivity contribution < 1.29 is 4.42 Å². The first-order chi connectivity index (χ1) is 27.1. The van der Waals surface area contributed by atoms with Crippen molar-refractivity contribution in [2.75, 3.05) is 0 Å². The largest absolute Gasteiger partial charge is 0.456 e. The topological polar surface area (TPSA) is 49.4 Å². The van der Waals surface area contributed by atoms with Gasteiger partial charge in [0.2, 0.25) is 0 Å². The van der Waals surface area contributed by atoms with E-state index in [9.17, 15) is 0 Å². The van der Waals surface area contributed by atoms with E-state index in [0.717, 1.165) is 44.4 Å². The van der Waals surface area contributed by atoms with Crippen molar-refractivity contribution in [2.45, 2.75) is 0 Å². The number of amidine groups is 1. The van der Waals surface area contributed by atoms with Crippen LogP contribution in [0.2, 0.25) is 0 Å². The zero-order chi connectivity index (χ0) is 36.7. The van der Waals surface area contributed by atoms with Crippen LogP contribution in [0.5, 0.6) is 0 Å². The molecule has 3 heteroatoms. The summed E-state index contributed by atoms with van der Waals surface area (Å²) >= 11 is 0. The molecule has 0 atom stereocenters. The number of benzene rings is 9. The minimum atomic E-state index is 0.210. The summed E-state index contributed by atoms with van der Waals surface area (Å²) in [6, 6.07) is 65.5. The first-order valence-corrected chi connectivity index (χ1v) is 18.5. The molecular weight excluding hydrogens is 669 g/mol. The molecule has 0 fully saturated rings. The van der Waals surface area contributed by atoms with E-state index >= 15 is 0 Å². The fourth-order valence-electron chi connectivity index (χ4n) is 7.74. The van der Waals surface area contributed by atoms with Crippen molar-refractivity contribution in [3.8, 4) is 22.5 Å². The molecule has 3 nitrogen and oxygen atoms in total. The van der Waals surface area contributed by atoms with Crippen LogP contribution in [-0.4, -0.2) is 11.5 Å². The van der Waals surface area contributed by atoms with Crippen LogP contribution >= 0.6 is 0 Å². The Balaban J connectivity index is 1.01. The van der Waals surface area contributed by atoms with Gasteiger partial charge in [0, 0.05) is 22.1 Å². The van der Waals surface area contributed by atoms with E-state index in [1.54, 1.807) is 0 Å². The van der Waals surface area contributed by atoms with Gasteiger partial charge in [-0.2, -0.15) is 0 Å². The van der Waals surface area contributed by atoms with Crippen LogP contribution in [0.25, 0.3) is 82.6 Å². The lowest BCUT2D eigenvalue weighted by Gasteiger charge is -2.15. The minimum absolute atomic E-state index is 0.210. The molecule has 10 rings (SSSR count). The van der Waals surface area contributed by atoms with E-state index in [1.165, 1.54) is 48.8 Å². The molecule has 1 heterocycles. The fraction of sp³-hybridized carbons (Fsp3) is 0. The maximum atomic E-state index is 8.83. The predicted molar refractivity (Wildman–Crippen MR) is 232 cm³/mol. The van der Waals surface area contributed by atoms with Crippen molar-refractivity contribution in [1.82, 2.24) is 0 Å². The molecule has 9 aromatic carbocycles. The van der Waals surface area contributed by atoms with E-state index in [2.05, 4.69) is 133 Å². The summed E-state index contributed by atoms with van der Waals surface area (Å²) in [4.78, 5) is 4.84. The number of aliphatic imine (C=N–C) groups is 1. The highest BCUT2D eigenvalue weighted by Crippen LogP contribution is 2.40. The molecule has 0 saturated carbocycles. The maximum absolute atomic E-state index is 8.83. The van der Waals surface area contributed by atoms with E-state index in [-0.39, 0.29) is 5.84 Å². The van der Waals surface area contributed by atoms with E-state index < -0.39 is 0 Å². The summed E-state index contributed by atoms with van der Waals surface area (Å²) in [6.07, 6.45) is 4.09. The smallest absolute Gasteiger partial charge is 0.152 e. The average Bonchev–Trinajstić information content (AvgIpc) is 3.69. The highest BCUT2D eigenvalue weighted by atomic mass is 16.3. The molecule has 0 amide bonds. The molecule has 0 aliphatic carbocycles. The van der Waals surface area contributed by atoms with E-state index in [1.807, 2.05) is 66.7 Å². The first-order valence-electron chi connectivity index (χ1n) is 18.5. The van der Waals surface area contributed by atoms with Crippen molar-refractivity contribution in [2.24, 2.45) is 4.99 Å².